The largest absolute Gasteiger partial charge is 0.145 e. The molecular formula is C13H23NO. The summed E-state index contributed by atoms with van der Waals surface area (Å²) in [6.07, 6.45) is 5.53. The molecule has 0 N–H and O–H groups in total. The lowest BCUT2D eigenvalue weighted by Gasteiger charge is -2.40. The Morgan fingerprint density at radius 2 is 1.87 bits per heavy atom. The van der Waals surface area contributed by atoms with Gasteiger partial charge in [-0.05, 0) is 23.4 Å². The van der Waals surface area contributed by atoms with Gasteiger partial charge in [-0.3, -0.25) is 0 Å². The predicted molar refractivity (Wildman–Crippen MR) is 66.5 cm³/mol. The summed E-state index contributed by atoms with van der Waals surface area (Å²) in [6, 6.07) is 0. The minimum Gasteiger partial charge on any atom is -0.145 e. The third kappa shape index (κ3) is 3.01. The first kappa shape index (κ1) is 14.1. The number of nitroso groups, excluding NO2 is 1. The highest BCUT2D eigenvalue weighted by Gasteiger charge is 2.39. The maximum Gasteiger partial charge on any atom is 0.0870 e. The lowest BCUT2D eigenvalue weighted by molar-refractivity contribution is 0.153. The van der Waals surface area contributed by atoms with Gasteiger partial charge in [-0.25, -0.2) is 0 Å². The fraction of sp³-hybridized carbons (Fsp3) is 0.692. The second-order valence-electron chi connectivity index (χ2n) is 5.09. The molecular weight excluding hydrogens is 186 g/mol. The molecule has 0 amide bonds. The van der Waals surface area contributed by atoms with Gasteiger partial charge in [-0.15, -0.1) is 11.5 Å². The van der Waals surface area contributed by atoms with Crippen LogP contribution in [0.25, 0.3) is 0 Å². The molecule has 0 radical (unpaired) electrons. The molecule has 2 heteroatoms. The standard InChI is InChI=1S/C13H23NO/c1-7-9-11(14-15)13(5,6)12(3,4)10-8-2/h8-9H,2,7,10H2,1,3-6H3/b11-9-. The fourth-order valence-electron chi connectivity index (χ4n) is 1.56. The Labute approximate surface area is 93.4 Å². The summed E-state index contributed by atoms with van der Waals surface area (Å²) >= 11 is 0. The van der Waals surface area contributed by atoms with Crippen LogP contribution >= 0.6 is 0 Å². The third-order valence-electron chi connectivity index (χ3n) is 3.48. The van der Waals surface area contributed by atoms with Gasteiger partial charge in [0.15, 0.2) is 0 Å². The average molecular weight is 209 g/mol. The number of allylic oxidation sites excluding steroid dienone is 3. The molecule has 0 aliphatic rings. The number of nitrogens with zero attached hydrogens (tertiary/aromatic N) is 1. The number of hydrogen-bond acceptors (Lipinski definition) is 2. The monoisotopic (exact) mass is 209 g/mol. The van der Waals surface area contributed by atoms with Crippen LogP contribution in [0.3, 0.4) is 0 Å². The Kier molecular flexibility index (Phi) is 4.92. The lowest BCUT2D eigenvalue weighted by atomic mass is 9.64. The average Bonchev–Trinajstić information content (AvgIpc) is 2.13. The highest BCUT2D eigenvalue weighted by Crippen LogP contribution is 2.47. The van der Waals surface area contributed by atoms with E-state index in [-0.39, 0.29) is 10.8 Å². The normalized spacial score (nSPS) is 13.8. The maximum atomic E-state index is 10.8. The van der Waals surface area contributed by atoms with Gasteiger partial charge in [0.25, 0.3) is 0 Å². The Morgan fingerprint density at radius 1 is 1.33 bits per heavy atom. The Morgan fingerprint density at radius 3 is 2.20 bits per heavy atom. The number of hydrogen-bond donors (Lipinski definition) is 0. The van der Waals surface area contributed by atoms with Crippen molar-refractivity contribution < 1.29 is 0 Å². The van der Waals surface area contributed by atoms with Gasteiger partial charge < -0.3 is 0 Å². The van der Waals surface area contributed by atoms with Crippen molar-refractivity contribution >= 4 is 0 Å². The summed E-state index contributed by atoms with van der Waals surface area (Å²) in [5, 5.41) is 3.17. The smallest absolute Gasteiger partial charge is 0.0870 e. The van der Waals surface area contributed by atoms with Gasteiger partial charge >= 0.3 is 0 Å². The Bertz CT molecular complexity index is 262. The van der Waals surface area contributed by atoms with Gasteiger partial charge in [0.1, 0.15) is 0 Å². The van der Waals surface area contributed by atoms with Crippen LogP contribution in [0, 0.1) is 15.7 Å². The maximum absolute atomic E-state index is 10.8. The molecule has 0 aromatic rings. The zero-order chi connectivity index (χ0) is 12.1. The second-order valence-corrected chi connectivity index (χ2v) is 5.09. The summed E-state index contributed by atoms with van der Waals surface area (Å²) < 4.78 is 0. The molecule has 0 unspecified atom stereocenters. The summed E-state index contributed by atoms with van der Waals surface area (Å²) in [6.45, 7) is 14.2. The SMILES string of the molecule is C=CCC(C)(C)C(C)(C)/C(=C/CC)N=O. The molecule has 0 aromatic heterocycles. The minimum atomic E-state index is -0.223. The van der Waals surface area contributed by atoms with Crippen LogP contribution in [0.2, 0.25) is 0 Å². The van der Waals surface area contributed by atoms with Crippen LogP contribution in [-0.4, -0.2) is 0 Å². The topological polar surface area (TPSA) is 29.4 Å². The first-order chi connectivity index (χ1) is 6.83. The second kappa shape index (κ2) is 5.24. The van der Waals surface area contributed by atoms with E-state index < -0.39 is 0 Å². The van der Waals surface area contributed by atoms with Crippen molar-refractivity contribution in [3.63, 3.8) is 0 Å². The van der Waals surface area contributed by atoms with Crippen molar-refractivity contribution in [2.24, 2.45) is 16.0 Å². The summed E-state index contributed by atoms with van der Waals surface area (Å²) in [5.41, 5.74) is 0.416. The van der Waals surface area contributed by atoms with E-state index in [4.69, 9.17) is 0 Å². The number of rotatable bonds is 6. The molecule has 2 nitrogen and oxygen atoms in total. The molecule has 0 spiro atoms. The zero-order valence-electron chi connectivity index (χ0n) is 10.6. The summed E-state index contributed by atoms with van der Waals surface area (Å²) in [5.74, 6) is 0. The molecule has 15 heavy (non-hydrogen) atoms. The summed E-state index contributed by atoms with van der Waals surface area (Å²) in [7, 11) is 0. The van der Waals surface area contributed by atoms with E-state index in [1.165, 1.54) is 0 Å². The molecule has 0 aromatic carbocycles. The van der Waals surface area contributed by atoms with Crippen LogP contribution in [-0.2, 0) is 0 Å². The molecule has 0 heterocycles. The highest BCUT2D eigenvalue weighted by molar-refractivity contribution is 5.15. The molecule has 86 valence electrons. The van der Waals surface area contributed by atoms with Crippen molar-refractivity contribution in [1.82, 2.24) is 0 Å². The van der Waals surface area contributed by atoms with Gasteiger partial charge in [0.05, 0.1) is 5.70 Å². The van der Waals surface area contributed by atoms with E-state index in [9.17, 15) is 4.91 Å². The van der Waals surface area contributed by atoms with Crippen LogP contribution in [0.5, 0.6) is 0 Å². The van der Waals surface area contributed by atoms with Crippen molar-refractivity contribution in [1.29, 1.82) is 0 Å². The first-order valence-corrected chi connectivity index (χ1v) is 5.48. The van der Waals surface area contributed by atoms with E-state index in [2.05, 4.69) is 39.5 Å². The van der Waals surface area contributed by atoms with Crippen LogP contribution < -0.4 is 0 Å². The Hall–Kier alpha value is -0.920. The molecule has 0 aliphatic carbocycles. The van der Waals surface area contributed by atoms with Crippen LogP contribution in [0.15, 0.2) is 29.6 Å². The van der Waals surface area contributed by atoms with Gasteiger partial charge in [-0.1, -0.05) is 46.8 Å². The van der Waals surface area contributed by atoms with E-state index in [0.29, 0.717) is 5.70 Å². The molecule has 0 fully saturated rings. The van der Waals surface area contributed by atoms with Crippen molar-refractivity contribution in [2.75, 3.05) is 0 Å². The first-order valence-electron chi connectivity index (χ1n) is 5.48. The zero-order valence-corrected chi connectivity index (χ0v) is 10.6. The molecule has 0 atom stereocenters. The molecule has 0 rings (SSSR count). The van der Waals surface area contributed by atoms with Crippen molar-refractivity contribution in [2.45, 2.75) is 47.5 Å². The van der Waals surface area contributed by atoms with E-state index >= 15 is 0 Å². The van der Waals surface area contributed by atoms with Gasteiger partial charge in [0.2, 0.25) is 0 Å². The minimum absolute atomic E-state index is 0.0103. The third-order valence-corrected chi connectivity index (χ3v) is 3.48. The van der Waals surface area contributed by atoms with Crippen LogP contribution in [0.1, 0.15) is 47.5 Å². The van der Waals surface area contributed by atoms with Crippen molar-refractivity contribution in [3.05, 3.63) is 29.3 Å². The quantitative estimate of drug-likeness (QED) is 0.461. The van der Waals surface area contributed by atoms with E-state index in [1.807, 2.05) is 19.1 Å². The molecule has 0 saturated carbocycles. The Balaban J connectivity index is 5.16. The molecule has 0 bridgehead atoms. The van der Waals surface area contributed by atoms with Gasteiger partial charge in [0, 0.05) is 5.41 Å². The molecule has 0 aliphatic heterocycles. The molecule has 0 saturated heterocycles. The van der Waals surface area contributed by atoms with Gasteiger partial charge in [-0.2, -0.15) is 0 Å². The van der Waals surface area contributed by atoms with Crippen molar-refractivity contribution in [3.8, 4) is 0 Å². The highest BCUT2D eigenvalue weighted by atomic mass is 16.3. The van der Waals surface area contributed by atoms with Crippen LogP contribution in [0.4, 0.5) is 0 Å². The predicted octanol–water partition coefficient (Wildman–Crippen LogP) is 4.68. The van der Waals surface area contributed by atoms with E-state index in [0.717, 1.165) is 12.8 Å². The fourth-order valence-corrected chi connectivity index (χ4v) is 1.56. The van der Waals surface area contributed by atoms with E-state index in [1.54, 1.807) is 0 Å². The lowest BCUT2D eigenvalue weighted by Crippen LogP contribution is -2.33. The summed E-state index contributed by atoms with van der Waals surface area (Å²) in [4.78, 5) is 10.8.